The summed E-state index contributed by atoms with van der Waals surface area (Å²) in [6, 6.07) is 7.19. The summed E-state index contributed by atoms with van der Waals surface area (Å²) in [5, 5.41) is 14.8. The smallest absolute Gasteiger partial charge is 0.251 e. The molecule has 1 amide bonds. The minimum atomic E-state index is -0.0854. The number of benzene rings is 1. The van der Waals surface area contributed by atoms with Gasteiger partial charge in [0.05, 0.1) is 19.8 Å². The van der Waals surface area contributed by atoms with Gasteiger partial charge in [-0.2, -0.15) is 4.80 Å². The van der Waals surface area contributed by atoms with Crippen LogP contribution in [0.2, 0.25) is 0 Å². The van der Waals surface area contributed by atoms with Gasteiger partial charge in [0.25, 0.3) is 5.91 Å². The molecule has 8 heteroatoms. The third-order valence-corrected chi connectivity index (χ3v) is 4.01. The number of hydrogen-bond acceptors (Lipinski definition) is 6. The van der Waals surface area contributed by atoms with Crippen LogP contribution in [0, 0.1) is 0 Å². The van der Waals surface area contributed by atoms with Gasteiger partial charge in [0.1, 0.15) is 0 Å². The summed E-state index contributed by atoms with van der Waals surface area (Å²) in [7, 11) is 3.80. The quantitative estimate of drug-likeness (QED) is 0.850. The van der Waals surface area contributed by atoms with Crippen LogP contribution in [0.25, 0.3) is 11.4 Å². The third kappa shape index (κ3) is 4.15. The van der Waals surface area contributed by atoms with E-state index in [1.54, 1.807) is 19.2 Å². The zero-order valence-corrected chi connectivity index (χ0v) is 14.0. The summed E-state index contributed by atoms with van der Waals surface area (Å²) in [6.45, 7) is 3.24. The Hall–Kier alpha value is -2.32. The van der Waals surface area contributed by atoms with Crippen LogP contribution < -0.4 is 5.32 Å². The molecule has 1 N–H and O–H groups in total. The van der Waals surface area contributed by atoms with Crippen molar-refractivity contribution in [3.8, 4) is 11.4 Å². The fourth-order valence-corrected chi connectivity index (χ4v) is 2.66. The Kier molecular flexibility index (Phi) is 5.17. The lowest BCUT2D eigenvalue weighted by molar-refractivity contribution is -0.0226. The summed E-state index contributed by atoms with van der Waals surface area (Å²) in [5.74, 6) is 0.459. The number of carbonyl (C=O) groups excluding carboxylic acids is 1. The maximum atomic E-state index is 12.2. The van der Waals surface area contributed by atoms with Crippen LogP contribution in [0.5, 0.6) is 0 Å². The van der Waals surface area contributed by atoms with Gasteiger partial charge < -0.3 is 15.0 Å². The highest BCUT2D eigenvalue weighted by molar-refractivity contribution is 5.94. The van der Waals surface area contributed by atoms with Crippen LogP contribution in [0.15, 0.2) is 24.3 Å². The second-order valence-electron chi connectivity index (χ2n) is 5.98. The maximum absolute atomic E-state index is 12.2. The molecule has 0 bridgehead atoms. The molecule has 1 fully saturated rings. The Labute approximate surface area is 140 Å². The van der Waals surface area contributed by atoms with Crippen LogP contribution in [-0.4, -0.2) is 70.4 Å². The molecule has 1 aromatic heterocycles. The standard InChI is InChI=1S/C16H22N6O2/c1-21-9-10-24-14(11-21)7-8-17-16(23)13-5-3-12(4-6-13)15-18-20-22(2)19-15/h3-6,14H,7-11H2,1-2H3,(H,17,23)/t14-/m1/s1. The Morgan fingerprint density at radius 2 is 2.12 bits per heavy atom. The second-order valence-corrected chi connectivity index (χ2v) is 5.98. The van der Waals surface area contributed by atoms with Crippen LogP contribution in [0.4, 0.5) is 0 Å². The van der Waals surface area contributed by atoms with Crippen LogP contribution >= 0.6 is 0 Å². The highest BCUT2D eigenvalue weighted by atomic mass is 16.5. The molecule has 1 atom stereocenters. The van der Waals surface area contributed by atoms with E-state index in [9.17, 15) is 4.79 Å². The summed E-state index contributed by atoms with van der Waals surface area (Å²) in [6.07, 6.45) is 1.01. The number of hydrogen-bond donors (Lipinski definition) is 1. The van der Waals surface area contributed by atoms with Gasteiger partial charge in [-0.05, 0) is 30.8 Å². The van der Waals surface area contributed by atoms with Crippen molar-refractivity contribution in [1.82, 2.24) is 30.4 Å². The zero-order valence-electron chi connectivity index (χ0n) is 14.0. The maximum Gasteiger partial charge on any atom is 0.251 e. The van der Waals surface area contributed by atoms with Crippen molar-refractivity contribution in [3.05, 3.63) is 29.8 Å². The van der Waals surface area contributed by atoms with Crippen molar-refractivity contribution in [2.24, 2.45) is 7.05 Å². The SMILES string of the molecule is CN1CCO[C@H](CCNC(=O)c2ccc(-c3nnn(C)n3)cc2)C1. The Balaban J connectivity index is 1.50. The summed E-state index contributed by atoms with van der Waals surface area (Å²) in [4.78, 5) is 15.8. The third-order valence-electron chi connectivity index (χ3n) is 4.01. The van der Waals surface area contributed by atoms with Gasteiger partial charge >= 0.3 is 0 Å². The highest BCUT2D eigenvalue weighted by Gasteiger charge is 2.17. The van der Waals surface area contributed by atoms with E-state index in [-0.39, 0.29) is 12.0 Å². The van der Waals surface area contributed by atoms with E-state index < -0.39 is 0 Å². The molecule has 8 nitrogen and oxygen atoms in total. The molecule has 2 aromatic rings. The number of tetrazole rings is 1. The molecule has 3 rings (SSSR count). The summed E-state index contributed by atoms with van der Waals surface area (Å²) < 4.78 is 5.69. The average Bonchev–Trinajstić information content (AvgIpc) is 3.01. The van der Waals surface area contributed by atoms with Crippen molar-refractivity contribution < 1.29 is 9.53 Å². The number of nitrogens with one attached hydrogen (secondary N) is 1. The van der Waals surface area contributed by atoms with Gasteiger partial charge in [-0.25, -0.2) is 0 Å². The molecular weight excluding hydrogens is 308 g/mol. The van der Waals surface area contributed by atoms with E-state index in [4.69, 9.17) is 4.74 Å². The van der Waals surface area contributed by atoms with Gasteiger partial charge in [-0.1, -0.05) is 12.1 Å². The Morgan fingerprint density at radius 3 is 2.79 bits per heavy atom. The molecule has 128 valence electrons. The Bertz CT molecular complexity index is 684. The lowest BCUT2D eigenvalue weighted by atomic mass is 10.1. The molecule has 1 aliphatic heterocycles. The number of ether oxygens (including phenoxy) is 1. The number of aryl methyl sites for hydroxylation is 1. The number of carbonyl (C=O) groups is 1. The fraction of sp³-hybridized carbons (Fsp3) is 0.500. The predicted octanol–water partition coefficient (Wildman–Crippen LogP) is 0.328. The van der Waals surface area contributed by atoms with Gasteiger partial charge in [-0.3, -0.25) is 4.79 Å². The fourth-order valence-electron chi connectivity index (χ4n) is 2.66. The zero-order chi connectivity index (χ0) is 16.9. The van der Waals surface area contributed by atoms with Gasteiger partial charge in [0.2, 0.25) is 5.82 Å². The van der Waals surface area contributed by atoms with Crippen LogP contribution in [0.3, 0.4) is 0 Å². The Morgan fingerprint density at radius 1 is 1.33 bits per heavy atom. The van der Waals surface area contributed by atoms with Gasteiger partial charge in [-0.15, -0.1) is 10.2 Å². The molecule has 0 radical (unpaired) electrons. The first-order valence-electron chi connectivity index (χ1n) is 8.04. The molecule has 0 saturated carbocycles. The van der Waals surface area contributed by atoms with Crippen LogP contribution in [0.1, 0.15) is 16.8 Å². The van der Waals surface area contributed by atoms with Gasteiger partial charge in [0, 0.05) is 30.8 Å². The van der Waals surface area contributed by atoms with Crippen molar-refractivity contribution >= 4 is 5.91 Å². The molecule has 24 heavy (non-hydrogen) atoms. The van der Waals surface area contributed by atoms with E-state index in [0.29, 0.717) is 17.9 Å². The first-order chi connectivity index (χ1) is 11.6. The first-order valence-corrected chi connectivity index (χ1v) is 8.04. The van der Waals surface area contributed by atoms with Crippen molar-refractivity contribution in [2.75, 3.05) is 33.3 Å². The minimum absolute atomic E-state index is 0.0854. The number of amides is 1. The van der Waals surface area contributed by atoms with Gasteiger partial charge in [0.15, 0.2) is 0 Å². The number of rotatable bonds is 5. The molecule has 0 aliphatic carbocycles. The average molecular weight is 330 g/mol. The largest absolute Gasteiger partial charge is 0.375 e. The first kappa shape index (κ1) is 16.5. The van der Waals surface area contributed by atoms with E-state index in [0.717, 1.165) is 31.7 Å². The number of morpholine rings is 1. The molecule has 1 aliphatic rings. The minimum Gasteiger partial charge on any atom is -0.375 e. The van der Waals surface area contributed by atoms with Crippen molar-refractivity contribution in [2.45, 2.75) is 12.5 Å². The highest BCUT2D eigenvalue weighted by Crippen LogP contribution is 2.14. The predicted molar refractivity (Wildman–Crippen MR) is 88.4 cm³/mol. The topological polar surface area (TPSA) is 85.2 Å². The molecule has 2 heterocycles. The van der Waals surface area contributed by atoms with E-state index in [1.165, 1.54) is 4.80 Å². The normalized spacial score (nSPS) is 18.5. The van der Waals surface area contributed by atoms with E-state index >= 15 is 0 Å². The van der Waals surface area contributed by atoms with Crippen LogP contribution in [-0.2, 0) is 11.8 Å². The molecule has 1 aromatic carbocycles. The molecule has 0 spiro atoms. The van der Waals surface area contributed by atoms with E-state index in [2.05, 4.69) is 32.7 Å². The molecule has 0 unspecified atom stereocenters. The van der Waals surface area contributed by atoms with Crippen molar-refractivity contribution in [1.29, 1.82) is 0 Å². The number of nitrogens with zero attached hydrogens (tertiary/aromatic N) is 5. The number of aromatic nitrogens is 4. The second kappa shape index (κ2) is 7.50. The lowest BCUT2D eigenvalue weighted by Crippen LogP contribution is -2.41. The van der Waals surface area contributed by atoms with E-state index in [1.807, 2.05) is 12.1 Å². The lowest BCUT2D eigenvalue weighted by Gasteiger charge is -2.30. The van der Waals surface area contributed by atoms with Crippen molar-refractivity contribution in [3.63, 3.8) is 0 Å². The molecular formula is C16H22N6O2. The summed E-state index contributed by atoms with van der Waals surface area (Å²) >= 11 is 0. The number of likely N-dealkylation sites (N-methyl/N-ethyl adjacent to an activating group) is 1. The summed E-state index contributed by atoms with van der Waals surface area (Å²) in [5.41, 5.74) is 1.45. The monoisotopic (exact) mass is 330 g/mol. The molecule has 1 saturated heterocycles.